The zero-order chi connectivity index (χ0) is 22.1. The summed E-state index contributed by atoms with van der Waals surface area (Å²) in [6.45, 7) is 11.1. The van der Waals surface area contributed by atoms with Crippen molar-refractivity contribution in [1.82, 2.24) is 10.6 Å². The second-order valence-corrected chi connectivity index (χ2v) is 9.44. The number of carbonyl (C=O) groups excluding carboxylic acids is 1. The van der Waals surface area contributed by atoms with Gasteiger partial charge in [-0.1, -0.05) is 88.4 Å². The van der Waals surface area contributed by atoms with E-state index in [2.05, 4.69) is 45.3 Å². The SMILES string of the molecule is CC(CC(=O)N[C@@H](Cc1ccccc1)[C@@H](O)CNC(C)C(C)(C)C)c1ccccc1. The van der Waals surface area contributed by atoms with Gasteiger partial charge in [0, 0.05) is 19.0 Å². The van der Waals surface area contributed by atoms with Gasteiger partial charge in [-0.25, -0.2) is 0 Å². The van der Waals surface area contributed by atoms with Crippen molar-refractivity contribution >= 4 is 5.91 Å². The summed E-state index contributed by atoms with van der Waals surface area (Å²) in [6.07, 6.45) is 0.318. The van der Waals surface area contributed by atoms with Crippen molar-refractivity contribution in [2.75, 3.05) is 6.54 Å². The number of amides is 1. The molecule has 0 aliphatic heterocycles. The number of carbonyl (C=O) groups is 1. The van der Waals surface area contributed by atoms with Gasteiger partial charge in [0.25, 0.3) is 0 Å². The molecule has 0 fully saturated rings. The molecule has 1 amide bonds. The Bertz CT molecular complexity index is 756. The average molecular weight is 411 g/mol. The fourth-order valence-corrected chi connectivity index (χ4v) is 3.34. The second kappa shape index (κ2) is 11.3. The molecule has 4 nitrogen and oxygen atoms in total. The number of rotatable bonds is 10. The summed E-state index contributed by atoms with van der Waals surface area (Å²) in [5.41, 5.74) is 2.35. The first-order chi connectivity index (χ1) is 14.2. The van der Waals surface area contributed by atoms with Crippen LogP contribution in [-0.4, -0.2) is 35.7 Å². The highest BCUT2D eigenvalue weighted by atomic mass is 16.3. The van der Waals surface area contributed by atoms with Gasteiger partial charge in [-0.3, -0.25) is 4.79 Å². The molecule has 164 valence electrons. The normalized spacial score (nSPS) is 15.8. The fourth-order valence-electron chi connectivity index (χ4n) is 3.34. The van der Waals surface area contributed by atoms with Gasteiger partial charge in [0.05, 0.1) is 12.1 Å². The first kappa shape index (κ1) is 24.1. The van der Waals surface area contributed by atoms with Crippen LogP contribution in [0.5, 0.6) is 0 Å². The molecule has 2 aromatic carbocycles. The molecule has 0 heterocycles. The maximum Gasteiger partial charge on any atom is 0.220 e. The van der Waals surface area contributed by atoms with E-state index < -0.39 is 6.10 Å². The molecular weight excluding hydrogens is 372 g/mol. The number of hydrogen-bond acceptors (Lipinski definition) is 3. The highest BCUT2D eigenvalue weighted by Gasteiger charge is 2.25. The van der Waals surface area contributed by atoms with E-state index in [1.807, 2.05) is 60.7 Å². The molecule has 2 aromatic rings. The quantitative estimate of drug-likeness (QED) is 0.547. The van der Waals surface area contributed by atoms with Gasteiger partial charge in [0.2, 0.25) is 5.91 Å². The first-order valence-corrected chi connectivity index (χ1v) is 11.0. The maximum absolute atomic E-state index is 12.8. The minimum absolute atomic E-state index is 0.0322. The Hall–Kier alpha value is -2.17. The van der Waals surface area contributed by atoms with E-state index in [0.717, 1.165) is 11.1 Å². The first-order valence-electron chi connectivity index (χ1n) is 11.0. The predicted molar refractivity (Wildman–Crippen MR) is 124 cm³/mol. The van der Waals surface area contributed by atoms with Gasteiger partial charge in [0.1, 0.15) is 0 Å². The van der Waals surface area contributed by atoms with Crippen molar-refractivity contribution in [3.63, 3.8) is 0 Å². The summed E-state index contributed by atoms with van der Waals surface area (Å²) >= 11 is 0. The third kappa shape index (κ3) is 7.92. The van der Waals surface area contributed by atoms with E-state index in [-0.39, 0.29) is 29.3 Å². The van der Waals surface area contributed by atoms with Crippen LogP contribution in [0.15, 0.2) is 60.7 Å². The summed E-state index contributed by atoms with van der Waals surface area (Å²) in [5.74, 6) is 0.0926. The molecular formula is C26H38N2O2. The number of aliphatic hydroxyl groups excluding tert-OH is 1. The minimum atomic E-state index is -0.675. The van der Waals surface area contributed by atoms with Gasteiger partial charge in [0.15, 0.2) is 0 Å². The number of hydrogen-bond donors (Lipinski definition) is 3. The lowest BCUT2D eigenvalue weighted by Crippen LogP contribution is -2.51. The van der Waals surface area contributed by atoms with Crippen LogP contribution in [0, 0.1) is 5.41 Å². The van der Waals surface area contributed by atoms with E-state index in [9.17, 15) is 9.90 Å². The lowest BCUT2D eigenvalue weighted by Gasteiger charge is -2.31. The summed E-state index contributed by atoms with van der Waals surface area (Å²) in [6, 6.07) is 20.0. The molecule has 0 saturated carbocycles. The highest BCUT2D eigenvalue weighted by molar-refractivity contribution is 5.77. The molecule has 4 atom stereocenters. The summed E-state index contributed by atoms with van der Waals surface area (Å²) < 4.78 is 0. The van der Waals surface area contributed by atoms with Crippen LogP contribution in [0.1, 0.15) is 58.1 Å². The van der Waals surface area contributed by atoms with E-state index in [1.165, 1.54) is 0 Å². The van der Waals surface area contributed by atoms with Crippen LogP contribution in [0.25, 0.3) is 0 Å². The van der Waals surface area contributed by atoms with Crippen molar-refractivity contribution < 1.29 is 9.90 Å². The lowest BCUT2D eigenvalue weighted by molar-refractivity contribution is -0.123. The van der Waals surface area contributed by atoms with Crippen LogP contribution in [0.3, 0.4) is 0 Å². The smallest absolute Gasteiger partial charge is 0.220 e. The van der Waals surface area contributed by atoms with Gasteiger partial charge >= 0.3 is 0 Å². The van der Waals surface area contributed by atoms with E-state index >= 15 is 0 Å². The zero-order valence-corrected chi connectivity index (χ0v) is 19.1. The standard InChI is InChI=1S/C26H38N2O2/c1-19(22-14-10-7-11-15-22)16-25(30)28-23(17-21-12-8-6-9-13-21)24(29)18-27-20(2)26(3,4)5/h6-15,19-20,23-24,27,29H,16-18H2,1-5H3,(H,28,30)/t19?,20?,23-,24-/m0/s1. The molecule has 2 unspecified atom stereocenters. The van der Waals surface area contributed by atoms with Gasteiger partial charge in [-0.05, 0) is 35.8 Å². The van der Waals surface area contributed by atoms with Crippen molar-refractivity contribution in [1.29, 1.82) is 0 Å². The Balaban J connectivity index is 2.02. The van der Waals surface area contributed by atoms with Crippen molar-refractivity contribution in [3.8, 4) is 0 Å². The number of benzene rings is 2. The zero-order valence-electron chi connectivity index (χ0n) is 19.1. The van der Waals surface area contributed by atoms with E-state index in [1.54, 1.807) is 0 Å². The molecule has 0 saturated heterocycles. The highest BCUT2D eigenvalue weighted by Crippen LogP contribution is 2.20. The number of aliphatic hydroxyl groups is 1. The largest absolute Gasteiger partial charge is 0.390 e. The molecule has 3 N–H and O–H groups in total. The molecule has 30 heavy (non-hydrogen) atoms. The second-order valence-electron chi connectivity index (χ2n) is 9.44. The predicted octanol–water partition coefficient (Wildman–Crippen LogP) is 4.29. The molecule has 0 bridgehead atoms. The molecule has 0 aliphatic carbocycles. The third-order valence-corrected chi connectivity index (χ3v) is 5.90. The average Bonchev–Trinajstić information content (AvgIpc) is 2.71. The molecule has 4 heteroatoms. The minimum Gasteiger partial charge on any atom is -0.390 e. The Labute approximate surface area is 182 Å². The number of nitrogens with one attached hydrogen (secondary N) is 2. The van der Waals surface area contributed by atoms with Gasteiger partial charge < -0.3 is 15.7 Å². The Kier molecular flexibility index (Phi) is 9.07. The van der Waals surface area contributed by atoms with Gasteiger partial charge in [-0.2, -0.15) is 0 Å². The van der Waals surface area contributed by atoms with Crippen molar-refractivity contribution in [2.24, 2.45) is 5.41 Å². The van der Waals surface area contributed by atoms with Crippen LogP contribution in [0.2, 0.25) is 0 Å². The Morgan fingerprint density at radius 1 is 0.967 bits per heavy atom. The molecule has 0 spiro atoms. The Morgan fingerprint density at radius 3 is 2.10 bits per heavy atom. The van der Waals surface area contributed by atoms with Gasteiger partial charge in [-0.15, -0.1) is 0 Å². The summed E-state index contributed by atoms with van der Waals surface area (Å²) in [4.78, 5) is 12.8. The van der Waals surface area contributed by atoms with Crippen LogP contribution in [-0.2, 0) is 11.2 Å². The lowest BCUT2D eigenvalue weighted by atomic mass is 9.88. The summed E-state index contributed by atoms with van der Waals surface area (Å²) in [7, 11) is 0. The topological polar surface area (TPSA) is 61.4 Å². The van der Waals surface area contributed by atoms with Crippen LogP contribution < -0.4 is 10.6 Å². The maximum atomic E-state index is 12.8. The van der Waals surface area contributed by atoms with Crippen LogP contribution in [0.4, 0.5) is 0 Å². The van der Waals surface area contributed by atoms with Crippen LogP contribution >= 0.6 is 0 Å². The van der Waals surface area contributed by atoms with E-state index in [4.69, 9.17) is 0 Å². The fraction of sp³-hybridized carbons (Fsp3) is 0.500. The van der Waals surface area contributed by atoms with E-state index in [0.29, 0.717) is 19.4 Å². The Morgan fingerprint density at radius 2 is 1.53 bits per heavy atom. The molecule has 0 aliphatic rings. The molecule has 0 aromatic heterocycles. The monoisotopic (exact) mass is 410 g/mol. The molecule has 0 radical (unpaired) electrons. The summed E-state index contributed by atoms with van der Waals surface area (Å²) in [5, 5.41) is 17.4. The molecule has 2 rings (SSSR count). The third-order valence-electron chi connectivity index (χ3n) is 5.90. The van der Waals surface area contributed by atoms with Crippen molar-refractivity contribution in [3.05, 3.63) is 71.8 Å². The van der Waals surface area contributed by atoms with Crippen molar-refractivity contribution in [2.45, 2.75) is 71.6 Å².